The highest BCUT2D eigenvalue weighted by Crippen LogP contribution is 2.18. The van der Waals surface area contributed by atoms with E-state index in [0.717, 1.165) is 18.6 Å². The van der Waals surface area contributed by atoms with Gasteiger partial charge in [-0.05, 0) is 12.5 Å². The average molecular weight is 260 g/mol. The van der Waals surface area contributed by atoms with Crippen LogP contribution in [-0.4, -0.2) is 12.5 Å². The van der Waals surface area contributed by atoms with Crippen molar-refractivity contribution in [2.45, 2.75) is 19.8 Å². The first-order valence-corrected chi connectivity index (χ1v) is 5.62. The van der Waals surface area contributed by atoms with Crippen molar-refractivity contribution in [3.05, 3.63) is 29.6 Å². The summed E-state index contributed by atoms with van der Waals surface area (Å²) in [6.45, 7) is 2.25. The van der Waals surface area contributed by atoms with Gasteiger partial charge in [-0.15, -0.1) is 0 Å². The van der Waals surface area contributed by atoms with Crippen LogP contribution < -0.4 is 11.1 Å². The number of nitrogens with two attached hydrogens (primary N) is 1. The second-order valence-corrected chi connectivity index (χ2v) is 4.02. The van der Waals surface area contributed by atoms with Crippen molar-refractivity contribution in [1.82, 2.24) is 0 Å². The monoisotopic (exact) mass is 260 g/mol. The Kier molecular flexibility index (Phi) is 5.15. The molecule has 1 amide bonds. The summed E-state index contributed by atoms with van der Waals surface area (Å²) in [7, 11) is 0. The lowest BCUT2D eigenvalue weighted by Gasteiger charge is -2.12. The molecule has 0 aliphatic heterocycles. The van der Waals surface area contributed by atoms with Gasteiger partial charge in [0.1, 0.15) is 0 Å². The van der Waals surface area contributed by atoms with E-state index in [0.29, 0.717) is 6.54 Å². The van der Waals surface area contributed by atoms with Crippen LogP contribution in [0.15, 0.2) is 12.1 Å². The Labute approximate surface area is 103 Å². The molecule has 0 aliphatic rings. The number of carbonyl (C=O) groups is 1. The van der Waals surface area contributed by atoms with Gasteiger partial charge >= 0.3 is 0 Å². The zero-order valence-electron chi connectivity index (χ0n) is 9.97. The molecule has 1 rings (SSSR count). The quantitative estimate of drug-likeness (QED) is 0.799. The molecule has 0 aliphatic carbocycles. The Morgan fingerprint density at radius 3 is 2.33 bits per heavy atom. The molecule has 0 saturated heterocycles. The average Bonchev–Trinajstić information content (AvgIpc) is 2.32. The van der Waals surface area contributed by atoms with Crippen LogP contribution in [0.25, 0.3) is 0 Å². The highest BCUT2D eigenvalue weighted by Gasteiger charge is 2.14. The summed E-state index contributed by atoms with van der Waals surface area (Å²) >= 11 is 0. The van der Waals surface area contributed by atoms with Crippen molar-refractivity contribution >= 4 is 11.6 Å². The third kappa shape index (κ3) is 3.73. The molecule has 1 aromatic carbocycles. The molecule has 1 atom stereocenters. The van der Waals surface area contributed by atoms with Crippen LogP contribution in [0, 0.1) is 23.4 Å². The first-order chi connectivity index (χ1) is 8.47. The number of hydrogen-bond acceptors (Lipinski definition) is 2. The van der Waals surface area contributed by atoms with Crippen molar-refractivity contribution in [3.8, 4) is 0 Å². The van der Waals surface area contributed by atoms with Gasteiger partial charge in [0.25, 0.3) is 0 Å². The molecule has 1 aromatic rings. The minimum absolute atomic E-state index is 0.0140. The lowest BCUT2D eigenvalue weighted by molar-refractivity contribution is -0.117. The van der Waals surface area contributed by atoms with Gasteiger partial charge in [0.05, 0.1) is 0 Å². The van der Waals surface area contributed by atoms with Crippen molar-refractivity contribution < 1.29 is 18.0 Å². The van der Waals surface area contributed by atoms with E-state index < -0.39 is 23.4 Å². The summed E-state index contributed by atoms with van der Waals surface area (Å²) in [5.41, 5.74) is 5.34. The molecule has 6 heteroatoms. The smallest absolute Gasteiger partial charge is 0.224 e. The summed E-state index contributed by atoms with van der Waals surface area (Å²) in [6, 6.07) is 1.47. The molecule has 18 heavy (non-hydrogen) atoms. The van der Waals surface area contributed by atoms with Crippen molar-refractivity contribution in [1.29, 1.82) is 0 Å². The maximum absolute atomic E-state index is 12.9. The molecule has 1 unspecified atom stereocenters. The molecular formula is C12H15F3N2O. The van der Waals surface area contributed by atoms with Crippen LogP contribution in [0.3, 0.4) is 0 Å². The number of anilines is 1. The zero-order valence-corrected chi connectivity index (χ0v) is 9.97. The summed E-state index contributed by atoms with van der Waals surface area (Å²) in [6.07, 6.45) is 0.893. The molecule has 100 valence electrons. The van der Waals surface area contributed by atoms with Crippen LogP contribution in [0.1, 0.15) is 19.8 Å². The molecule has 3 nitrogen and oxygen atoms in total. The molecule has 0 radical (unpaired) electrons. The predicted octanol–water partition coefficient (Wildman–Crippen LogP) is 2.42. The molecule has 0 saturated carbocycles. The minimum Gasteiger partial charge on any atom is -0.330 e. The Bertz CT molecular complexity index is 410. The number of rotatable bonds is 5. The van der Waals surface area contributed by atoms with Crippen molar-refractivity contribution in [2.24, 2.45) is 11.7 Å². The van der Waals surface area contributed by atoms with E-state index in [-0.39, 0.29) is 18.0 Å². The number of benzene rings is 1. The molecular weight excluding hydrogens is 245 g/mol. The van der Waals surface area contributed by atoms with E-state index >= 15 is 0 Å². The van der Waals surface area contributed by atoms with Gasteiger partial charge in [-0.3, -0.25) is 4.79 Å². The van der Waals surface area contributed by atoms with E-state index in [1.165, 1.54) is 0 Å². The maximum Gasteiger partial charge on any atom is 0.224 e. The van der Waals surface area contributed by atoms with E-state index in [2.05, 4.69) is 5.32 Å². The van der Waals surface area contributed by atoms with Crippen LogP contribution in [0.4, 0.5) is 18.9 Å². The molecule has 0 heterocycles. The fourth-order valence-electron chi connectivity index (χ4n) is 1.50. The van der Waals surface area contributed by atoms with Gasteiger partial charge in [-0.2, -0.15) is 0 Å². The summed E-state index contributed by atoms with van der Waals surface area (Å²) in [4.78, 5) is 11.5. The second-order valence-electron chi connectivity index (χ2n) is 4.02. The number of amides is 1. The lowest BCUT2D eigenvalue weighted by atomic mass is 10.0. The van der Waals surface area contributed by atoms with Gasteiger partial charge in [0.2, 0.25) is 5.91 Å². The van der Waals surface area contributed by atoms with Gasteiger partial charge in [-0.25, -0.2) is 13.2 Å². The Morgan fingerprint density at radius 1 is 1.33 bits per heavy atom. The van der Waals surface area contributed by atoms with E-state index in [9.17, 15) is 18.0 Å². The van der Waals surface area contributed by atoms with Gasteiger partial charge < -0.3 is 11.1 Å². The molecule has 0 aromatic heterocycles. The first-order valence-electron chi connectivity index (χ1n) is 5.62. The summed E-state index contributed by atoms with van der Waals surface area (Å²) in [5.74, 6) is -4.62. The Morgan fingerprint density at radius 2 is 1.89 bits per heavy atom. The fourth-order valence-corrected chi connectivity index (χ4v) is 1.50. The van der Waals surface area contributed by atoms with Crippen LogP contribution in [-0.2, 0) is 4.79 Å². The topological polar surface area (TPSA) is 55.1 Å². The van der Waals surface area contributed by atoms with Crippen LogP contribution in [0.5, 0.6) is 0 Å². The largest absolute Gasteiger partial charge is 0.330 e. The standard InChI is InChI=1S/C12H15F3N2O/c1-2-7(6-16)3-11(18)17-8-4-9(13)12(15)10(14)5-8/h4-5,7H,2-3,6,16H2,1H3,(H,17,18). The number of halogens is 3. The predicted molar refractivity (Wildman–Crippen MR) is 62.4 cm³/mol. The SMILES string of the molecule is CCC(CN)CC(=O)Nc1cc(F)c(F)c(F)c1. The summed E-state index contributed by atoms with van der Waals surface area (Å²) < 4.78 is 38.5. The highest BCUT2D eigenvalue weighted by atomic mass is 19.2. The van der Waals surface area contributed by atoms with Crippen LogP contribution >= 0.6 is 0 Å². The molecule has 0 spiro atoms. The molecule has 0 fully saturated rings. The normalized spacial score (nSPS) is 12.3. The molecule has 0 bridgehead atoms. The van der Waals surface area contributed by atoms with Gasteiger partial charge in [0, 0.05) is 24.2 Å². The fraction of sp³-hybridized carbons (Fsp3) is 0.417. The number of hydrogen-bond donors (Lipinski definition) is 2. The second kappa shape index (κ2) is 6.39. The first kappa shape index (κ1) is 14.5. The zero-order chi connectivity index (χ0) is 13.7. The third-order valence-corrected chi connectivity index (χ3v) is 2.65. The summed E-state index contributed by atoms with van der Waals surface area (Å²) in [5, 5.41) is 2.31. The Hall–Kier alpha value is -1.56. The third-order valence-electron chi connectivity index (χ3n) is 2.65. The van der Waals surface area contributed by atoms with Gasteiger partial charge in [-0.1, -0.05) is 13.3 Å². The Balaban J connectivity index is 2.70. The van der Waals surface area contributed by atoms with Crippen molar-refractivity contribution in [3.63, 3.8) is 0 Å². The van der Waals surface area contributed by atoms with Crippen LogP contribution in [0.2, 0.25) is 0 Å². The van der Waals surface area contributed by atoms with E-state index in [4.69, 9.17) is 5.73 Å². The van der Waals surface area contributed by atoms with E-state index in [1.54, 1.807) is 0 Å². The van der Waals surface area contributed by atoms with Gasteiger partial charge in [0.15, 0.2) is 17.5 Å². The number of nitrogens with one attached hydrogen (secondary N) is 1. The highest BCUT2D eigenvalue weighted by molar-refractivity contribution is 5.90. The lowest BCUT2D eigenvalue weighted by Crippen LogP contribution is -2.21. The number of carbonyl (C=O) groups excluding carboxylic acids is 1. The minimum atomic E-state index is -1.55. The van der Waals surface area contributed by atoms with E-state index in [1.807, 2.05) is 6.92 Å². The maximum atomic E-state index is 12.9. The molecule has 3 N–H and O–H groups in total. The van der Waals surface area contributed by atoms with Crippen molar-refractivity contribution in [2.75, 3.05) is 11.9 Å².